The van der Waals surface area contributed by atoms with Crippen molar-refractivity contribution in [3.05, 3.63) is 27.3 Å². The Morgan fingerprint density at radius 3 is 2.67 bits per heavy atom. The number of rotatable bonds is 2. The molecule has 3 heteroatoms. The fraction of sp³-hybridized carbons (Fsp3) is 0.333. The zero-order valence-corrected chi connectivity index (χ0v) is 9.33. The highest BCUT2D eigenvalue weighted by Crippen LogP contribution is 2.26. The van der Waals surface area contributed by atoms with Gasteiger partial charge in [-0.2, -0.15) is 0 Å². The molecule has 0 aliphatic rings. The summed E-state index contributed by atoms with van der Waals surface area (Å²) >= 11 is 2.25. The van der Waals surface area contributed by atoms with Crippen LogP contribution in [0.2, 0.25) is 0 Å². The second kappa shape index (κ2) is 4.09. The molecule has 1 aromatic carbocycles. The van der Waals surface area contributed by atoms with Crippen LogP contribution in [0.5, 0.6) is 5.75 Å². The average Bonchev–Trinajstić information content (AvgIpc) is 2.04. The maximum Gasteiger partial charge on any atom is 0.132 e. The van der Waals surface area contributed by atoms with Gasteiger partial charge in [-0.15, -0.1) is 0 Å². The van der Waals surface area contributed by atoms with Gasteiger partial charge in [0, 0.05) is 6.04 Å². The molecule has 0 spiro atoms. The fourth-order valence-electron chi connectivity index (χ4n) is 1.04. The van der Waals surface area contributed by atoms with Crippen molar-refractivity contribution in [2.75, 3.05) is 7.11 Å². The molecule has 2 N–H and O–H groups in total. The van der Waals surface area contributed by atoms with E-state index in [-0.39, 0.29) is 6.04 Å². The number of nitrogens with two attached hydrogens (primary N) is 1. The van der Waals surface area contributed by atoms with E-state index in [9.17, 15) is 0 Å². The van der Waals surface area contributed by atoms with Crippen molar-refractivity contribution < 1.29 is 4.74 Å². The van der Waals surface area contributed by atoms with Gasteiger partial charge in [0.1, 0.15) is 5.75 Å². The molecule has 0 aromatic heterocycles. The van der Waals surface area contributed by atoms with E-state index in [0.29, 0.717) is 0 Å². The molecule has 0 bridgehead atoms. The van der Waals surface area contributed by atoms with E-state index < -0.39 is 0 Å². The summed E-state index contributed by atoms with van der Waals surface area (Å²) in [5, 5.41) is 0. The molecule has 0 saturated heterocycles. The normalized spacial score (nSPS) is 12.7. The van der Waals surface area contributed by atoms with Gasteiger partial charge in [0.15, 0.2) is 0 Å². The van der Waals surface area contributed by atoms with Crippen LogP contribution in [0.25, 0.3) is 0 Å². The van der Waals surface area contributed by atoms with Crippen molar-refractivity contribution in [2.45, 2.75) is 13.0 Å². The predicted molar refractivity (Wildman–Crippen MR) is 58.3 cm³/mol. The summed E-state index contributed by atoms with van der Waals surface area (Å²) in [5.74, 6) is 0.894. The van der Waals surface area contributed by atoms with Crippen LogP contribution in [0.15, 0.2) is 18.2 Å². The van der Waals surface area contributed by atoms with Crippen LogP contribution in [0.3, 0.4) is 0 Å². The Morgan fingerprint density at radius 1 is 1.50 bits per heavy atom. The number of hydrogen-bond acceptors (Lipinski definition) is 2. The summed E-state index contributed by atoms with van der Waals surface area (Å²) < 4.78 is 6.28. The predicted octanol–water partition coefficient (Wildman–Crippen LogP) is 2.32. The second-order valence-corrected chi connectivity index (χ2v) is 3.73. The molecule has 0 fully saturated rings. The molecule has 66 valence electrons. The maximum atomic E-state index is 5.78. The van der Waals surface area contributed by atoms with E-state index in [4.69, 9.17) is 10.5 Å². The van der Waals surface area contributed by atoms with Crippen LogP contribution in [-0.2, 0) is 0 Å². The standard InChI is InChI=1S/C9H12INO/c1-6(11)7-4-3-5-8(12-2)9(7)10/h3-6H,11H2,1-2H3/t6-/m0/s1. The Bertz CT molecular complexity index is 273. The first-order valence-corrected chi connectivity index (χ1v) is 4.82. The summed E-state index contributed by atoms with van der Waals surface area (Å²) in [4.78, 5) is 0. The van der Waals surface area contributed by atoms with Crippen LogP contribution in [0, 0.1) is 3.57 Å². The number of hydrogen-bond donors (Lipinski definition) is 1. The van der Waals surface area contributed by atoms with Crippen LogP contribution >= 0.6 is 22.6 Å². The van der Waals surface area contributed by atoms with Crippen LogP contribution < -0.4 is 10.5 Å². The molecule has 0 saturated carbocycles. The zero-order valence-electron chi connectivity index (χ0n) is 7.17. The molecule has 0 aliphatic carbocycles. The molecule has 0 aliphatic heterocycles. The highest BCUT2D eigenvalue weighted by atomic mass is 127. The Kier molecular flexibility index (Phi) is 3.34. The fourth-order valence-corrected chi connectivity index (χ4v) is 2.11. The van der Waals surface area contributed by atoms with Crippen molar-refractivity contribution in [1.82, 2.24) is 0 Å². The maximum absolute atomic E-state index is 5.78. The summed E-state index contributed by atoms with van der Waals surface area (Å²) in [7, 11) is 1.67. The molecule has 0 radical (unpaired) electrons. The second-order valence-electron chi connectivity index (χ2n) is 2.65. The molecule has 2 nitrogen and oxygen atoms in total. The molecule has 1 rings (SSSR count). The molecule has 1 aromatic rings. The van der Waals surface area contributed by atoms with Crippen molar-refractivity contribution in [3.8, 4) is 5.75 Å². The lowest BCUT2D eigenvalue weighted by Crippen LogP contribution is -2.07. The first-order valence-electron chi connectivity index (χ1n) is 3.74. The van der Waals surface area contributed by atoms with Crippen molar-refractivity contribution in [2.24, 2.45) is 5.73 Å². The van der Waals surface area contributed by atoms with Gasteiger partial charge in [-0.05, 0) is 41.1 Å². The summed E-state index contributed by atoms with van der Waals surface area (Å²) in [5.41, 5.74) is 6.91. The third kappa shape index (κ3) is 1.90. The number of methoxy groups -OCH3 is 1. The molecular weight excluding hydrogens is 265 g/mol. The highest BCUT2D eigenvalue weighted by Gasteiger charge is 2.08. The summed E-state index contributed by atoms with van der Waals surface area (Å²) in [6.45, 7) is 1.97. The van der Waals surface area contributed by atoms with E-state index >= 15 is 0 Å². The molecule has 1 atom stereocenters. The van der Waals surface area contributed by atoms with Crippen LogP contribution in [0.4, 0.5) is 0 Å². The molecule has 12 heavy (non-hydrogen) atoms. The van der Waals surface area contributed by atoms with Gasteiger partial charge < -0.3 is 10.5 Å². The summed E-state index contributed by atoms with van der Waals surface area (Å²) in [6, 6.07) is 5.98. The smallest absolute Gasteiger partial charge is 0.132 e. The van der Waals surface area contributed by atoms with Gasteiger partial charge in [0.05, 0.1) is 10.7 Å². The topological polar surface area (TPSA) is 35.2 Å². The van der Waals surface area contributed by atoms with Gasteiger partial charge in [-0.3, -0.25) is 0 Å². The molecule has 0 amide bonds. The van der Waals surface area contributed by atoms with Crippen molar-refractivity contribution in [1.29, 1.82) is 0 Å². The Hall–Kier alpha value is -0.290. The monoisotopic (exact) mass is 277 g/mol. The molecular formula is C9H12INO. The van der Waals surface area contributed by atoms with Gasteiger partial charge in [-0.1, -0.05) is 12.1 Å². The van der Waals surface area contributed by atoms with Gasteiger partial charge in [-0.25, -0.2) is 0 Å². The van der Waals surface area contributed by atoms with Crippen molar-refractivity contribution in [3.63, 3.8) is 0 Å². The van der Waals surface area contributed by atoms with E-state index in [1.165, 1.54) is 0 Å². The third-order valence-corrected chi connectivity index (χ3v) is 2.86. The first-order chi connectivity index (χ1) is 5.66. The van der Waals surface area contributed by atoms with E-state index in [0.717, 1.165) is 14.9 Å². The van der Waals surface area contributed by atoms with Crippen LogP contribution in [0.1, 0.15) is 18.5 Å². The minimum absolute atomic E-state index is 0.0620. The number of halogens is 1. The van der Waals surface area contributed by atoms with E-state index in [2.05, 4.69) is 22.6 Å². The first kappa shape index (κ1) is 9.80. The number of benzene rings is 1. The van der Waals surface area contributed by atoms with Crippen LogP contribution in [-0.4, -0.2) is 7.11 Å². The van der Waals surface area contributed by atoms with Gasteiger partial charge in [0.2, 0.25) is 0 Å². The largest absolute Gasteiger partial charge is 0.496 e. The lowest BCUT2D eigenvalue weighted by molar-refractivity contribution is 0.410. The number of ether oxygens (including phenoxy) is 1. The van der Waals surface area contributed by atoms with Gasteiger partial charge >= 0.3 is 0 Å². The Labute approximate surface area is 86.2 Å². The minimum Gasteiger partial charge on any atom is -0.496 e. The van der Waals surface area contributed by atoms with E-state index in [1.807, 2.05) is 25.1 Å². The Morgan fingerprint density at radius 2 is 2.17 bits per heavy atom. The Balaban J connectivity index is 3.14. The third-order valence-electron chi connectivity index (χ3n) is 1.70. The lowest BCUT2D eigenvalue weighted by atomic mass is 10.1. The summed E-state index contributed by atoms with van der Waals surface area (Å²) in [6.07, 6.45) is 0. The quantitative estimate of drug-likeness (QED) is 0.842. The minimum atomic E-state index is 0.0620. The molecule has 0 unspecified atom stereocenters. The molecule has 0 heterocycles. The zero-order chi connectivity index (χ0) is 9.14. The van der Waals surface area contributed by atoms with E-state index in [1.54, 1.807) is 7.11 Å². The SMILES string of the molecule is COc1cccc([C@H](C)N)c1I. The van der Waals surface area contributed by atoms with Gasteiger partial charge in [0.25, 0.3) is 0 Å². The van der Waals surface area contributed by atoms with Crippen molar-refractivity contribution >= 4 is 22.6 Å². The average molecular weight is 277 g/mol. The highest BCUT2D eigenvalue weighted by molar-refractivity contribution is 14.1. The lowest BCUT2D eigenvalue weighted by Gasteiger charge is -2.11.